The number of hydrogen-bond acceptors (Lipinski definition) is 3. The van der Waals surface area contributed by atoms with Gasteiger partial charge in [0.1, 0.15) is 0 Å². The van der Waals surface area contributed by atoms with Crippen LogP contribution < -0.4 is 16.0 Å². The molecular weight excluding hydrogens is 264 g/mol. The zero-order chi connectivity index (χ0) is 14.7. The van der Waals surface area contributed by atoms with Crippen molar-refractivity contribution in [1.82, 2.24) is 10.2 Å². The highest BCUT2D eigenvalue weighted by molar-refractivity contribution is 5.89. The lowest BCUT2D eigenvalue weighted by Crippen LogP contribution is -2.42. The van der Waals surface area contributed by atoms with Crippen LogP contribution in [-0.2, 0) is 0 Å². The number of carbonyl (C=O) groups excluding carboxylic acids is 1. The van der Waals surface area contributed by atoms with Crippen molar-refractivity contribution < 1.29 is 4.79 Å². The predicted molar refractivity (Wildman–Crippen MR) is 85.8 cm³/mol. The van der Waals surface area contributed by atoms with Crippen molar-refractivity contribution in [3.63, 3.8) is 0 Å². The molecule has 2 fully saturated rings. The quantitative estimate of drug-likeness (QED) is 0.801. The molecule has 1 aromatic rings. The van der Waals surface area contributed by atoms with Crippen LogP contribution in [0.3, 0.4) is 0 Å². The summed E-state index contributed by atoms with van der Waals surface area (Å²) in [6, 6.07) is 9.10. The van der Waals surface area contributed by atoms with Gasteiger partial charge in [-0.2, -0.15) is 0 Å². The third-order valence-corrected chi connectivity index (χ3v) is 4.56. The number of nitrogens with one attached hydrogen (secondary N) is 3. The molecule has 2 amide bonds. The summed E-state index contributed by atoms with van der Waals surface area (Å²) in [5.74, 6) is 0. The molecule has 114 valence electrons. The van der Waals surface area contributed by atoms with Gasteiger partial charge in [-0.15, -0.1) is 0 Å². The van der Waals surface area contributed by atoms with E-state index in [-0.39, 0.29) is 6.03 Å². The van der Waals surface area contributed by atoms with Crippen molar-refractivity contribution in [2.45, 2.75) is 37.8 Å². The molecule has 3 N–H and O–H groups in total. The van der Waals surface area contributed by atoms with Crippen LogP contribution in [0.4, 0.5) is 16.2 Å². The van der Waals surface area contributed by atoms with Gasteiger partial charge < -0.3 is 20.9 Å². The second-order valence-electron chi connectivity index (χ2n) is 5.98. The molecule has 0 bridgehead atoms. The lowest BCUT2D eigenvalue weighted by Gasteiger charge is -2.35. The number of nitrogens with zero attached hydrogens (tertiary/aromatic N) is 1. The number of piperidine rings is 1. The summed E-state index contributed by atoms with van der Waals surface area (Å²) in [6.07, 6.45) is 5.18. The minimum absolute atomic E-state index is 0.190. The van der Waals surface area contributed by atoms with E-state index in [1.165, 1.54) is 38.8 Å². The summed E-state index contributed by atoms with van der Waals surface area (Å²) in [5, 5.41) is 8.95. The number of urea groups is 1. The van der Waals surface area contributed by atoms with E-state index in [0.717, 1.165) is 17.4 Å². The van der Waals surface area contributed by atoms with Crippen molar-refractivity contribution in [3.05, 3.63) is 24.3 Å². The maximum Gasteiger partial charge on any atom is 0.318 e. The van der Waals surface area contributed by atoms with E-state index in [2.05, 4.69) is 20.9 Å². The first-order valence-corrected chi connectivity index (χ1v) is 7.84. The average Bonchev–Trinajstić information content (AvgIpc) is 2.96. The molecule has 0 aliphatic carbocycles. The van der Waals surface area contributed by atoms with Gasteiger partial charge in [-0.25, -0.2) is 4.79 Å². The molecular formula is C16H24N4O. The normalized spacial score (nSPS) is 25.2. The van der Waals surface area contributed by atoms with Crippen molar-refractivity contribution in [1.29, 1.82) is 0 Å². The maximum absolute atomic E-state index is 11.2. The van der Waals surface area contributed by atoms with Gasteiger partial charge in [0, 0.05) is 37.1 Å². The summed E-state index contributed by atoms with van der Waals surface area (Å²) in [7, 11) is 1.61. The number of amides is 2. The van der Waals surface area contributed by atoms with E-state index in [1.807, 2.05) is 24.3 Å². The predicted octanol–water partition coefficient (Wildman–Crippen LogP) is 2.48. The zero-order valence-corrected chi connectivity index (χ0v) is 12.6. The highest BCUT2D eigenvalue weighted by atomic mass is 16.2. The summed E-state index contributed by atoms with van der Waals surface area (Å²) >= 11 is 0. The number of hydrogen-bond donors (Lipinski definition) is 3. The lowest BCUT2D eigenvalue weighted by molar-refractivity contribution is 0.188. The van der Waals surface area contributed by atoms with Crippen LogP contribution in [0.2, 0.25) is 0 Å². The van der Waals surface area contributed by atoms with Gasteiger partial charge in [0.15, 0.2) is 0 Å². The SMILES string of the molecule is CNC(=O)Nc1ccc(NC2CCN3CCCC3C2)cc1. The average molecular weight is 288 g/mol. The molecule has 2 aliphatic heterocycles. The van der Waals surface area contributed by atoms with Gasteiger partial charge >= 0.3 is 6.03 Å². The molecule has 5 heteroatoms. The van der Waals surface area contributed by atoms with Gasteiger partial charge in [0.25, 0.3) is 0 Å². The monoisotopic (exact) mass is 288 g/mol. The van der Waals surface area contributed by atoms with E-state index in [1.54, 1.807) is 7.05 Å². The molecule has 21 heavy (non-hydrogen) atoms. The van der Waals surface area contributed by atoms with Gasteiger partial charge in [0.05, 0.1) is 0 Å². The van der Waals surface area contributed by atoms with Gasteiger partial charge in [0.2, 0.25) is 0 Å². The zero-order valence-electron chi connectivity index (χ0n) is 12.6. The van der Waals surface area contributed by atoms with Crippen LogP contribution in [-0.4, -0.2) is 43.2 Å². The lowest BCUT2D eigenvalue weighted by atomic mass is 9.97. The van der Waals surface area contributed by atoms with Crippen LogP contribution in [0.5, 0.6) is 0 Å². The molecule has 3 rings (SSSR count). The Bertz CT molecular complexity index is 488. The minimum atomic E-state index is -0.190. The summed E-state index contributed by atoms with van der Waals surface area (Å²) in [4.78, 5) is 13.9. The first kappa shape index (κ1) is 14.2. The molecule has 0 radical (unpaired) electrons. The Labute approximate surface area is 126 Å². The fourth-order valence-corrected chi connectivity index (χ4v) is 3.43. The number of rotatable bonds is 3. The molecule has 0 spiro atoms. The van der Waals surface area contributed by atoms with Crippen LogP contribution in [0.1, 0.15) is 25.7 Å². The molecule has 2 aliphatic rings. The van der Waals surface area contributed by atoms with E-state index < -0.39 is 0 Å². The van der Waals surface area contributed by atoms with Crippen molar-refractivity contribution in [2.24, 2.45) is 0 Å². The highest BCUT2D eigenvalue weighted by Gasteiger charge is 2.31. The largest absolute Gasteiger partial charge is 0.382 e. The number of carbonyl (C=O) groups is 1. The Morgan fingerprint density at radius 3 is 2.67 bits per heavy atom. The standard InChI is InChI=1S/C16H24N4O/c1-17-16(21)19-13-6-4-12(5-7-13)18-14-8-10-20-9-2-3-15(20)11-14/h4-7,14-15,18H,2-3,8-11H2,1H3,(H2,17,19,21). The van der Waals surface area contributed by atoms with Gasteiger partial charge in [-0.1, -0.05) is 0 Å². The van der Waals surface area contributed by atoms with Crippen LogP contribution in [0.25, 0.3) is 0 Å². The summed E-state index contributed by atoms with van der Waals surface area (Å²) < 4.78 is 0. The maximum atomic E-state index is 11.2. The number of anilines is 2. The Kier molecular flexibility index (Phi) is 4.29. The van der Waals surface area contributed by atoms with Gasteiger partial charge in [-0.05, 0) is 56.5 Å². The fraction of sp³-hybridized carbons (Fsp3) is 0.562. The summed E-state index contributed by atoms with van der Waals surface area (Å²) in [6.45, 7) is 2.51. The van der Waals surface area contributed by atoms with E-state index in [4.69, 9.17) is 0 Å². The third kappa shape index (κ3) is 3.47. The first-order chi connectivity index (χ1) is 10.2. The molecule has 5 nitrogen and oxygen atoms in total. The Hall–Kier alpha value is -1.75. The van der Waals surface area contributed by atoms with Crippen LogP contribution in [0.15, 0.2) is 24.3 Å². The van der Waals surface area contributed by atoms with Crippen molar-refractivity contribution in [3.8, 4) is 0 Å². The second kappa shape index (κ2) is 6.35. The van der Waals surface area contributed by atoms with Crippen LogP contribution >= 0.6 is 0 Å². The Balaban J connectivity index is 1.54. The second-order valence-corrected chi connectivity index (χ2v) is 5.98. The van der Waals surface area contributed by atoms with Crippen molar-refractivity contribution >= 4 is 17.4 Å². The smallest absolute Gasteiger partial charge is 0.318 e. The Morgan fingerprint density at radius 2 is 1.90 bits per heavy atom. The van der Waals surface area contributed by atoms with E-state index in [0.29, 0.717) is 6.04 Å². The first-order valence-electron chi connectivity index (χ1n) is 7.84. The number of fused-ring (bicyclic) bond motifs is 1. The molecule has 2 saturated heterocycles. The highest BCUT2D eigenvalue weighted by Crippen LogP contribution is 2.28. The van der Waals surface area contributed by atoms with E-state index in [9.17, 15) is 4.79 Å². The fourth-order valence-electron chi connectivity index (χ4n) is 3.43. The molecule has 0 saturated carbocycles. The molecule has 2 atom stereocenters. The van der Waals surface area contributed by atoms with Crippen molar-refractivity contribution in [2.75, 3.05) is 30.8 Å². The topological polar surface area (TPSA) is 56.4 Å². The van der Waals surface area contributed by atoms with E-state index >= 15 is 0 Å². The minimum Gasteiger partial charge on any atom is -0.382 e. The third-order valence-electron chi connectivity index (χ3n) is 4.56. The molecule has 1 aromatic carbocycles. The van der Waals surface area contributed by atoms with Crippen LogP contribution in [0, 0.1) is 0 Å². The molecule has 2 heterocycles. The summed E-state index contributed by atoms with van der Waals surface area (Å²) in [5.41, 5.74) is 1.94. The molecule has 0 aromatic heterocycles. The molecule has 2 unspecified atom stereocenters. The van der Waals surface area contributed by atoms with Gasteiger partial charge in [-0.3, -0.25) is 0 Å². The Morgan fingerprint density at radius 1 is 1.14 bits per heavy atom. The number of benzene rings is 1.